The predicted molar refractivity (Wildman–Crippen MR) is 68.4 cm³/mol. The molecule has 0 aromatic heterocycles. The first-order valence-corrected chi connectivity index (χ1v) is 5.87. The molecule has 2 aromatic rings. The first kappa shape index (κ1) is 13.8. The van der Waals surface area contributed by atoms with Gasteiger partial charge in [-0.3, -0.25) is 0 Å². The van der Waals surface area contributed by atoms with Gasteiger partial charge in [0.25, 0.3) is 0 Å². The van der Waals surface area contributed by atoms with Crippen molar-refractivity contribution in [3.05, 3.63) is 64.2 Å². The lowest BCUT2D eigenvalue weighted by Gasteiger charge is -2.15. The zero-order valence-corrected chi connectivity index (χ0v) is 10.8. The third-order valence-electron chi connectivity index (χ3n) is 2.76. The zero-order chi connectivity index (χ0) is 14.0. The summed E-state index contributed by atoms with van der Waals surface area (Å²) in [5.74, 6) is -1.72. The van der Waals surface area contributed by atoms with Crippen molar-refractivity contribution < 1.29 is 18.6 Å². The first-order valence-electron chi connectivity index (χ1n) is 5.50. The van der Waals surface area contributed by atoms with E-state index in [2.05, 4.69) is 0 Å². The monoisotopic (exact) mass is 284 g/mol. The fourth-order valence-electron chi connectivity index (χ4n) is 1.79. The second-order valence-electron chi connectivity index (χ2n) is 3.93. The minimum Gasteiger partial charge on any atom is -0.497 e. The van der Waals surface area contributed by atoms with Crippen LogP contribution in [0.2, 0.25) is 5.02 Å². The van der Waals surface area contributed by atoms with E-state index in [4.69, 9.17) is 16.3 Å². The predicted octanol–water partition coefficient (Wildman–Crippen LogP) is 3.71. The van der Waals surface area contributed by atoms with Crippen LogP contribution in [0.25, 0.3) is 0 Å². The van der Waals surface area contributed by atoms with E-state index in [1.807, 2.05) is 0 Å². The summed E-state index contributed by atoms with van der Waals surface area (Å²) in [7, 11) is 1.30. The molecule has 2 rings (SSSR count). The highest BCUT2D eigenvalue weighted by molar-refractivity contribution is 6.31. The molecule has 19 heavy (non-hydrogen) atoms. The Hall–Kier alpha value is -1.65. The van der Waals surface area contributed by atoms with Crippen LogP contribution in [0.15, 0.2) is 36.4 Å². The number of halogens is 3. The van der Waals surface area contributed by atoms with Gasteiger partial charge in [0, 0.05) is 22.7 Å². The number of benzene rings is 2. The molecule has 1 unspecified atom stereocenters. The Bertz CT molecular complexity index is 579. The number of hydrogen-bond donors (Lipinski definition) is 1. The number of aliphatic hydroxyl groups is 1. The van der Waals surface area contributed by atoms with Gasteiger partial charge in [0.2, 0.25) is 0 Å². The van der Waals surface area contributed by atoms with E-state index >= 15 is 0 Å². The van der Waals surface area contributed by atoms with Gasteiger partial charge in [-0.25, -0.2) is 8.78 Å². The summed E-state index contributed by atoms with van der Waals surface area (Å²) in [4.78, 5) is 0. The second-order valence-corrected chi connectivity index (χ2v) is 4.34. The Kier molecular flexibility index (Phi) is 4.02. The quantitative estimate of drug-likeness (QED) is 0.931. The van der Waals surface area contributed by atoms with Crippen LogP contribution in [-0.4, -0.2) is 12.2 Å². The molecule has 0 aliphatic heterocycles. The maximum absolute atomic E-state index is 13.8. The van der Waals surface area contributed by atoms with Crippen LogP contribution in [0, 0.1) is 11.6 Å². The standard InChI is InChI=1S/C14H11ClF2O2/c1-19-8-6-11(16)13(12(17)7-8)14(18)9-4-2-3-5-10(9)15/h2-7,14,18H,1H3. The van der Waals surface area contributed by atoms with Crippen molar-refractivity contribution in [2.24, 2.45) is 0 Å². The molecule has 2 aromatic carbocycles. The Morgan fingerprint density at radius 2 is 1.74 bits per heavy atom. The smallest absolute Gasteiger partial charge is 0.135 e. The highest BCUT2D eigenvalue weighted by Crippen LogP contribution is 2.32. The van der Waals surface area contributed by atoms with Crippen molar-refractivity contribution in [3.8, 4) is 5.75 Å². The van der Waals surface area contributed by atoms with Gasteiger partial charge in [-0.05, 0) is 6.07 Å². The van der Waals surface area contributed by atoms with Gasteiger partial charge < -0.3 is 9.84 Å². The van der Waals surface area contributed by atoms with Crippen molar-refractivity contribution in [3.63, 3.8) is 0 Å². The molecule has 0 aliphatic rings. The van der Waals surface area contributed by atoms with Crippen molar-refractivity contribution in [1.82, 2.24) is 0 Å². The molecule has 1 atom stereocenters. The van der Waals surface area contributed by atoms with Crippen molar-refractivity contribution in [2.75, 3.05) is 7.11 Å². The van der Waals surface area contributed by atoms with Crippen molar-refractivity contribution in [1.29, 1.82) is 0 Å². The Morgan fingerprint density at radius 1 is 1.16 bits per heavy atom. The number of methoxy groups -OCH3 is 1. The second kappa shape index (κ2) is 5.55. The lowest BCUT2D eigenvalue weighted by molar-refractivity contribution is 0.208. The maximum Gasteiger partial charge on any atom is 0.135 e. The van der Waals surface area contributed by atoms with E-state index in [0.29, 0.717) is 0 Å². The van der Waals surface area contributed by atoms with Gasteiger partial charge in [0.1, 0.15) is 23.5 Å². The minimum absolute atomic E-state index is 0.0464. The van der Waals surface area contributed by atoms with Crippen LogP contribution in [0.4, 0.5) is 8.78 Å². The van der Waals surface area contributed by atoms with Gasteiger partial charge in [-0.15, -0.1) is 0 Å². The highest BCUT2D eigenvalue weighted by atomic mass is 35.5. The van der Waals surface area contributed by atoms with E-state index < -0.39 is 23.3 Å². The van der Waals surface area contributed by atoms with Gasteiger partial charge in [-0.1, -0.05) is 29.8 Å². The van der Waals surface area contributed by atoms with Crippen molar-refractivity contribution >= 4 is 11.6 Å². The lowest BCUT2D eigenvalue weighted by Crippen LogP contribution is -2.07. The van der Waals surface area contributed by atoms with Crippen LogP contribution in [0.3, 0.4) is 0 Å². The van der Waals surface area contributed by atoms with E-state index in [-0.39, 0.29) is 16.3 Å². The molecule has 0 amide bonds. The Balaban J connectivity index is 2.50. The molecular formula is C14H11ClF2O2. The third kappa shape index (κ3) is 2.69. The van der Waals surface area contributed by atoms with Crippen LogP contribution in [0.1, 0.15) is 17.2 Å². The fraction of sp³-hybridized carbons (Fsp3) is 0.143. The summed E-state index contributed by atoms with van der Waals surface area (Å²) < 4.78 is 32.4. The third-order valence-corrected chi connectivity index (χ3v) is 3.11. The zero-order valence-electron chi connectivity index (χ0n) is 10.0. The van der Waals surface area contributed by atoms with Crippen molar-refractivity contribution in [2.45, 2.75) is 6.10 Å². The average Bonchev–Trinajstić information content (AvgIpc) is 2.38. The normalized spacial score (nSPS) is 12.3. The molecule has 0 aliphatic carbocycles. The summed E-state index contributed by atoms with van der Waals surface area (Å²) in [6.45, 7) is 0. The first-order chi connectivity index (χ1) is 9.04. The molecule has 0 bridgehead atoms. The van der Waals surface area contributed by atoms with Crippen LogP contribution < -0.4 is 4.74 Å². The summed E-state index contributed by atoms with van der Waals surface area (Å²) in [6, 6.07) is 8.37. The van der Waals surface area contributed by atoms with Gasteiger partial charge in [0.15, 0.2) is 0 Å². The molecule has 0 radical (unpaired) electrons. The largest absolute Gasteiger partial charge is 0.497 e. The SMILES string of the molecule is COc1cc(F)c(C(O)c2ccccc2Cl)c(F)c1. The highest BCUT2D eigenvalue weighted by Gasteiger charge is 2.22. The number of ether oxygens (including phenoxy) is 1. The van der Waals surface area contributed by atoms with Gasteiger partial charge >= 0.3 is 0 Å². The molecule has 0 saturated heterocycles. The van der Waals surface area contributed by atoms with Gasteiger partial charge in [0.05, 0.1) is 12.7 Å². The number of aliphatic hydroxyl groups excluding tert-OH is 1. The minimum atomic E-state index is -1.47. The molecule has 1 N–H and O–H groups in total. The fourth-order valence-corrected chi connectivity index (χ4v) is 2.03. The molecule has 2 nitrogen and oxygen atoms in total. The van der Waals surface area contributed by atoms with Crippen LogP contribution in [-0.2, 0) is 0 Å². The molecule has 0 saturated carbocycles. The average molecular weight is 285 g/mol. The van der Waals surface area contributed by atoms with E-state index in [0.717, 1.165) is 12.1 Å². The van der Waals surface area contributed by atoms with Gasteiger partial charge in [-0.2, -0.15) is 0 Å². The lowest BCUT2D eigenvalue weighted by atomic mass is 10.0. The Labute approximate surface area is 114 Å². The van der Waals surface area contributed by atoms with E-state index in [1.54, 1.807) is 18.2 Å². The summed E-state index contributed by atoms with van der Waals surface area (Å²) >= 11 is 5.90. The molecule has 0 fully saturated rings. The molecular weight excluding hydrogens is 274 g/mol. The number of hydrogen-bond acceptors (Lipinski definition) is 2. The van der Waals surface area contributed by atoms with Crippen LogP contribution >= 0.6 is 11.6 Å². The summed E-state index contributed by atoms with van der Waals surface area (Å²) in [5, 5.41) is 10.3. The van der Waals surface area contributed by atoms with E-state index in [1.165, 1.54) is 13.2 Å². The Morgan fingerprint density at radius 3 is 2.26 bits per heavy atom. The van der Waals surface area contributed by atoms with E-state index in [9.17, 15) is 13.9 Å². The number of rotatable bonds is 3. The summed E-state index contributed by atoms with van der Waals surface area (Å²) in [6.07, 6.45) is -1.47. The van der Waals surface area contributed by atoms with Crippen LogP contribution in [0.5, 0.6) is 5.75 Å². The molecule has 0 spiro atoms. The topological polar surface area (TPSA) is 29.5 Å². The maximum atomic E-state index is 13.8. The molecule has 100 valence electrons. The molecule has 5 heteroatoms. The summed E-state index contributed by atoms with van der Waals surface area (Å²) in [5.41, 5.74) is -0.207. The molecule has 0 heterocycles.